The van der Waals surface area contributed by atoms with E-state index in [1.165, 1.54) is 6.07 Å². The smallest absolute Gasteiger partial charge is 0.322 e. The molecule has 7 heteroatoms. The standard InChI is InChI=1S/C18H19N3O4/c1-12-6-7-14(10-16(12)21(24)25)19-18(23)20-9-8-13-4-2-3-5-15(13)17(20)11-22/h2-7,10,17,22H,8-9,11H2,1H3,(H,19,23). The molecule has 2 aromatic carbocycles. The Morgan fingerprint density at radius 2 is 2.12 bits per heavy atom. The van der Waals surface area contributed by atoms with Crippen molar-refractivity contribution in [2.24, 2.45) is 0 Å². The molecule has 25 heavy (non-hydrogen) atoms. The Morgan fingerprint density at radius 3 is 2.84 bits per heavy atom. The zero-order chi connectivity index (χ0) is 18.0. The van der Waals surface area contributed by atoms with Gasteiger partial charge in [-0.05, 0) is 30.5 Å². The Hall–Kier alpha value is -2.93. The van der Waals surface area contributed by atoms with Gasteiger partial charge in [-0.1, -0.05) is 30.3 Å². The summed E-state index contributed by atoms with van der Waals surface area (Å²) in [5.41, 5.74) is 2.90. The van der Waals surface area contributed by atoms with E-state index >= 15 is 0 Å². The second-order valence-corrected chi connectivity index (χ2v) is 6.03. The highest BCUT2D eigenvalue weighted by molar-refractivity contribution is 5.90. The van der Waals surface area contributed by atoms with Crippen molar-refractivity contribution in [2.45, 2.75) is 19.4 Å². The maximum Gasteiger partial charge on any atom is 0.322 e. The molecule has 0 saturated heterocycles. The summed E-state index contributed by atoms with van der Waals surface area (Å²) in [7, 11) is 0. The van der Waals surface area contributed by atoms with Crippen LogP contribution in [0.2, 0.25) is 0 Å². The number of hydrogen-bond donors (Lipinski definition) is 2. The fourth-order valence-electron chi connectivity index (χ4n) is 3.17. The predicted molar refractivity (Wildman–Crippen MR) is 93.5 cm³/mol. The number of carbonyl (C=O) groups is 1. The van der Waals surface area contributed by atoms with Gasteiger partial charge in [0.05, 0.1) is 17.6 Å². The van der Waals surface area contributed by atoms with Crippen molar-refractivity contribution in [2.75, 3.05) is 18.5 Å². The number of aliphatic hydroxyl groups excluding tert-OH is 1. The molecule has 2 amide bonds. The minimum atomic E-state index is -0.474. The monoisotopic (exact) mass is 341 g/mol. The molecule has 1 aliphatic heterocycles. The molecule has 0 radical (unpaired) electrons. The zero-order valence-corrected chi connectivity index (χ0v) is 13.8. The van der Waals surface area contributed by atoms with E-state index in [9.17, 15) is 20.0 Å². The highest BCUT2D eigenvalue weighted by Crippen LogP contribution is 2.30. The van der Waals surface area contributed by atoms with Crippen molar-refractivity contribution in [1.82, 2.24) is 4.90 Å². The van der Waals surface area contributed by atoms with E-state index < -0.39 is 11.0 Å². The normalized spacial score (nSPS) is 16.2. The van der Waals surface area contributed by atoms with Gasteiger partial charge in [0.2, 0.25) is 0 Å². The van der Waals surface area contributed by atoms with Crippen LogP contribution in [0.25, 0.3) is 0 Å². The van der Waals surface area contributed by atoms with Crippen LogP contribution < -0.4 is 5.32 Å². The summed E-state index contributed by atoms with van der Waals surface area (Å²) in [5.74, 6) is 0. The molecule has 0 fully saturated rings. The molecule has 130 valence electrons. The number of aliphatic hydroxyl groups is 1. The number of anilines is 1. The van der Waals surface area contributed by atoms with Gasteiger partial charge in [-0.3, -0.25) is 10.1 Å². The van der Waals surface area contributed by atoms with E-state index in [1.54, 1.807) is 24.0 Å². The molecule has 3 rings (SSSR count). The van der Waals surface area contributed by atoms with Crippen LogP contribution in [-0.4, -0.2) is 34.1 Å². The van der Waals surface area contributed by atoms with E-state index in [-0.39, 0.29) is 18.3 Å². The number of aryl methyl sites for hydroxylation is 1. The fraction of sp³-hybridized carbons (Fsp3) is 0.278. The Bertz CT molecular complexity index is 822. The number of benzene rings is 2. The number of fused-ring (bicyclic) bond motifs is 1. The number of carbonyl (C=O) groups excluding carboxylic acids is 1. The van der Waals surface area contributed by atoms with Crippen LogP contribution in [0.15, 0.2) is 42.5 Å². The maximum atomic E-state index is 12.6. The fourth-order valence-corrected chi connectivity index (χ4v) is 3.17. The lowest BCUT2D eigenvalue weighted by molar-refractivity contribution is -0.385. The largest absolute Gasteiger partial charge is 0.394 e. The summed E-state index contributed by atoms with van der Waals surface area (Å²) in [6.07, 6.45) is 0.703. The second-order valence-electron chi connectivity index (χ2n) is 6.03. The summed E-state index contributed by atoms with van der Waals surface area (Å²) in [6.45, 7) is 1.94. The first-order chi connectivity index (χ1) is 12.0. The SMILES string of the molecule is Cc1ccc(NC(=O)N2CCc3ccccc3C2CO)cc1[N+](=O)[O-]. The molecule has 2 N–H and O–H groups in total. The molecule has 1 aliphatic rings. The first kappa shape index (κ1) is 16.9. The van der Waals surface area contributed by atoms with Crippen LogP contribution in [-0.2, 0) is 6.42 Å². The minimum Gasteiger partial charge on any atom is -0.394 e. The van der Waals surface area contributed by atoms with Gasteiger partial charge in [-0.25, -0.2) is 4.79 Å². The molecule has 1 unspecified atom stereocenters. The Morgan fingerprint density at radius 1 is 1.36 bits per heavy atom. The average molecular weight is 341 g/mol. The first-order valence-electron chi connectivity index (χ1n) is 8.02. The second kappa shape index (κ2) is 6.90. The molecule has 0 spiro atoms. The molecule has 0 bridgehead atoms. The van der Waals surface area contributed by atoms with Gasteiger partial charge in [-0.15, -0.1) is 0 Å². The Kier molecular flexibility index (Phi) is 4.67. The van der Waals surface area contributed by atoms with Gasteiger partial charge in [0.15, 0.2) is 0 Å². The minimum absolute atomic E-state index is 0.0412. The van der Waals surface area contributed by atoms with E-state index in [1.807, 2.05) is 24.3 Å². The van der Waals surface area contributed by atoms with E-state index in [0.717, 1.165) is 11.1 Å². The number of rotatable bonds is 3. The van der Waals surface area contributed by atoms with Gasteiger partial charge in [0, 0.05) is 23.9 Å². The van der Waals surface area contributed by atoms with E-state index in [0.29, 0.717) is 24.2 Å². The Balaban J connectivity index is 1.82. The van der Waals surface area contributed by atoms with Crippen LogP contribution in [0, 0.1) is 17.0 Å². The van der Waals surface area contributed by atoms with E-state index in [4.69, 9.17) is 0 Å². The van der Waals surface area contributed by atoms with Crippen molar-refractivity contribution in [3.63, 3.8) is 0 Å². The number of nitro benzene ring substituents is 1. The summed E-state index contributed by atoms with van der Waals surface area (Å²) >= 11 is 0. The quantitative estimate of drug-likeness (QED) is 0.662. The summed E-state index contributed by atoms with van der Waals surface area (Å²) in [4.78, 5) is 24.8. The van der Waals surface area contributed by atoms with Gasteiger partial charge in [0.1, 0.15) is 0 Å². The van der Waals surface area contributed by atoms with Gasteiger partial charge in [-0.2, -0.15) is 0 Å². The van der Waals surface area contributed by atoms with Crippen LogP contribution in [0.1, 0.15) is 22.7 Å². The molecule has 0 aliphatic carbocycles. The summed E-state index contributed by atoms with van der Waals surface area (Å²) in [5, 5.41) is 23.5. The number of hydrogen-bond acceptors (Lipinski definition) is 4. The van der Waals surface area contributed by atoms with Crippen LogP contribution in [0.5, 0.6) is 0 Å². The third-order valence-electron chi connectivity index (χ3n) is 4.50. The Labute approximate surface area is 145 Å². The highest BCUT2D eigenvalue weighted by atomic mass is 16.6. The molecular formula is C18H19N3O4. The predicted octanol–water partition coefficient (Wildman–Crippen LogP) is 3.03. The molecule has 0 aromatic heterocycles. The van der Waals surface area contributed by atoms with Gasteiger partial charge < -0.3 is 15.3 Å². The lowest BCUT2D eigenvalue weighted by Crippen LogP contribution is -2.43. The van der Waals surface area contributed by atoms with Crippen molar-refractivity contribution in [1.29, 1.82) is 0 Å². The number of amides is 2. The summed E-state index contributed by atoms with van der Waals surface area (Å²) in [6, 6.07) is 11.5. The number of urea groups is 1. The van der Waals surface area contributed by atoms with Crippen molar-refractivity contribution in [3.05, 3.63) is 69.3 Å². The van der Waals surface area contributed by atoms with Gasteiger partial charge in [0.25, 0.3) is 5.69 Å². The zero-order valence-electron chi connectivity index (χ0n) is 13.8. The number of nitrogens with one attached hydrogen (secondary N) is 1. The summed E-state index contributed by atoms with van der Waals surface area (Å²) < 4.78 is 0. The van der Waals surface area contributed by atoms with Crippen molar-refractivity contribution in [3.8, 4) is 0 Å². The highest BCUT2D eigenvalue weighted by Gasteiger charge is 2.30. The van der Waals surface area contributed by atoms with Crippen LogP contribution in [0.3, 0.4) is 0 Å². The molecular weight excluding hydrogens is 322 g/mol. The third-order valence-corrected chi connectivity index (χ3v) is 4.50. The van der Waals surface area contributed by atoms with Gasteiger partial charge >= 0.3 is 6.03 Å². The number of nitrogens with zero attached hydrogens (tertiary/aromatic N) is 2. The first-order valence-corrected chi connectivity index (χ1v) is 8.02. The van der Waals surface area contributed by atoms with E-state index in [2.05, 4.69) is 5.32 Å². The van der Waals surface area contributed by atoms with Crippen LogP contribution >= 0.6 is 0 Å². The lowest BCUT2D eigenvalue weighted by atomic mass is 9.93. The van der Waals surface area contributed by atoms with Crippen molar-refractivity contribution < 1.29 is 14.8 Å². The molecule has 7 nitrogen and oxygen atoms in total. The molecule has 2 aromatic rings. The molecule has 0 saturated carbocycles. The average Bonchev–Trinajstić information content (AvgIpc) is 2.61. The number of nitro groups is 1. The lowest BCUT2D eigenvalue weighted by Gasteiger charge is -2.36. The molecule has 1 heterocycles. The third kappa shape index (κ3) is 3.32. The van der Waals surface area contributed by atoms with Crippen molar-refractivity contribution >= 4 is 17.4 Å². The molecule has 1 atom stereocenters. The van der Waals surface area contributed by atoms with Crippen LogP contribution in [0.4, 0.5) is 16.2 Å². The maximum absolute atomic E-state index is 12.6. The topological polar surface area (TPSA) is 95.7 Å².